The number of hydrogen-bond acceptors (Lipinski definition) is 5. The summed E-state index contributed by atoms with van der Waals surface area (Å²) in [5.74, 6) is 0.623. The van der Waals surface area contributed by atoms with E-state index in [1.165, 1.54) is 6.92 Å². The van der Waals surface area contributed by atoms with Gasteiger partial charge in [0, 0.05) is 18.1 Å². The Morgan fingerprint density at radius 3 is 2.64 bits per heavy atom. The number of aliphatic hydroxyl groups excluding tert-OH is 1. The molecule has 0 spiro atoms. The van der Waals surface area contributed by atoms with E-state index >= 15 is 0 Å². The van der Waals surface area contributed by atoms with Gasteiger partial charge in [-0.15, -0.1) is 0 Å². The van der Waals surface area contributed by atoms with Gasteiger partial charge in [0.25, 0.3) is 0 Å². The average Bonchev–Trinajstić information content (AvgIpc) is 2.51. The first-order chi connectivity index (χ1) is 10.6. The first kappa shape index (κ1) is 18.5. The van der Waals surface area contributed by atoms with Crippen molar-refractivity contribution in [2.24, 2.45) is 11.8 Å². The number of thioether (sulfide) groups is 1. The van der Waals surface area contributed by atoms with Crippen molar-refractivity contribution in [1.82, 2.24) is 0 Å². The van der Waals surface area contributed by atoms with Crippen LogP contribution in [0.25, 0.3) is 0 Å². The number of nitrogens with zero attached hydrogens (tertiary/aromatic N) is 1. The highest BCUT2D eigenvalue weighted by Crippen LogP contribution is 2.22. The largest absolute Gasteiger partial charge is 0.493 e. The van der Waals surface area contributed by atoms with E-state index in [-0.39, 0.29) is 11.7 Å². The second kappa shape index (κ2) is 10.3. The third-order valence-corrected chi connectivity index (χ3v) is 4.24. The van der Waals surface area contributed by atoms with Gasteiger partial charge in [-0.3, -0.25) is 4.79 Å². The van der Waals surface area contributed by atoms with Gasteiger partial charge in [-0.25, -0.2) is 0 Å². The fraction of sp³-hybridized carbons (Fsp3) is 0.529. The molecule has 0 aliphatic rings. The number of carbonyl (C=O) groups excluding carboxylic acids is 1. The van der Waals surface area contributed by atoms with Crippen molar-refractivity contribution in [3.05, 3.63) is 30.3 Å². The molecule has 0 fully saturated rings. The van der Waals surface area contributed by atoms with Crippen LogP contribution in [0.4, 0.5) is 0 Å². The third-order valence-electron chi connectivity index (χ3n) is 3.50. The average molecular weight is 321 g/mol. The number of nitriles is 1. The molecule has 0 bridgehead atoms. The normalized spacial score (nSPS) is 14.6. The highest BCUT2D eigenvalue weighted by atomic mass is 32.2. The van der Waals surface area contributed by atoms with Crippen molar-refractivity contribution in [2.75, 3.05) is 18.6 Å². The Labute approximate surface area is 136 Å². The number of benzene rings is 1. The van der Waals surface area contributed by atoms with Crippen molar-refractivity contribution >= 4 is 17.5 Å². The molecule has 4 nitrogen and oxygen atoms in total. The van der Waals surface area contributed by atoms with E-state index in [4.69, 9.17) is 10.00 Å². The van der Waals surface area contributed by atoms with Gasteiger partial charge in [-0.05, 0) is 31.7 Å². The van der Waals surface area contributed by atoms with Gasteiger partial charge in [-0.1, -0.05) is 18.2 Å². The van der Waals surface area contributed by atoms with Gasteiger partial charge < -0.3 is 9.84 Å². The summed E-state index contributed by atoms with van der Waals surface area (Å²) in [7, 11) is 0. The second-order valence-electron chi connectivity index (χ2n) is 5.25. The molecule has 1 N–H and O–H groups in total. The van der Waals surface area contributed by atoms with Crippen LogP contribution in [0.1, 0.15) is 19.8 Å². The van der Waals surface area contributed by atoms with E-state index in [1.54, 1.807) is 11.8 Å². The predicted molar refractivity (Wildman–Crippen MR) is 88.8 cm³/mol. The minimum absolute atomic E-state index is 0.0754. The molecule has 3 atom stereocenters. The molecule has 1 aromatic rings. The van der Waals surface area contributed by atoms with Crippen LogP contribution in [0.5, 0.6) is 5.75 Å². The molecule has 22 heavy (non-hydrogen) atoms. The van der Waals surface area contributed by atoms with Crippen molar-refractivity contribution < 1.29 is 14.6 Å². The summed E-state index contributed by atoms with van der Waals surface area (Å²) in [6.07, 6.45) is 1.92. The van der Waals surface area contributed by atoms with E-state index in [0.717, 1.165) is 5.75 Å². The number of carbonyl (C=O) groups is 1. The number of Topliss-reactive ketones (excluding diaryl/α,β-unsaturated/α-hetero) is 1. The molecule has 0 aliphatic carbocycles. The number of para-hydroxylation sites is 1. The molecule has 0 saturated heterocycles. The lowest BCUT2D eigenvalue weighted by Gasteiger charge is -2.22. The van der Waals surface area contributed by atoms with Crippen LogP contribution in [0.3, 0.4) is 0 Å². The zero-order valence-electron chi connectivity index (χ0n) is 13.1. The van der Waals surface area contributed by atoms with Crippen LogP contribution >= 0.6 is 11.8 Å². The van der Waals surface area contributed by atoms with Crippen molar-refractivity contribution in [2.45, 2.75) is 25.9 Å². The molecule has 0 heterocycles. The lowest BCUT2D eigenvalue weighted by Crippen LogP contribution is -2.30. The molecular weight excluding hydrogens is 298 g/mol. The molecular formula is C17H23NO3S. The highest BCUT2D eigenvalue weighted by Gasteiger charge is 2.27. The summed E-state index contributed by atoms with van der Waals surface area (Å²) in [5.41, 5.74) is 0. The van der Waals surface area contributed by atoms with E-state index in [2.05, 4.69) is 6.07 Å². The molecule has 1 rings (SSSR count). The van der Waals surface area contributed by atoms with Gasteiger partial charge in [0.15, 0.2) is 0 Å². The maximum absolute atomic E-state index is 11.8. The topological polar surface area (TPSA) is 70.3 Å². The summed E-state index contributed by atoms with van der Waals surface area (Å²) >= 11 is 1.57. The van der Waals surface area contributed by atoms with Crippen molar-refractivity contribution in [3.8, 4) is 11.8 Å². The summed E-state index contributed by atoms with van der Waals surface area (Å²) < 4.78 is 5.54. The van der Waals surface area contributed by atoms with Gasteiger partial charge in [0.05, 0.1) is 24.7 Å². The number of hydrogen-bond donors (Lipinski definition) is 1. The second-order valence-corrected chi connectivity index (χ2v) is 6.16. The van der Waals surface area contributed by atoms with Crippen LogP contribution in [0.15, 0.2) is 30.3 Å². The van der Waals surface area contributed by atoms with Gasteiger partial charge >= 0.3 is 0 Å². The van der Waals surface area contributed by atoms with E-state index < -0.39 is 12.0 Å². The number of aliphatic hydroxyl groups is 1. The standard InChI is InChI=1S/C17H23NO3S/c1-13(19)16(10-14(11-18)12-22-2)17(20)8-9-21-15-6-4-3-5-7-15/h3-7,14,16-17,20H,8-10,12H2,1-2H3. The monoisotopic (exact) mass is 321 g/mol. The number of rotatable bonds is 10. The Morgan fingerprint density at radius 1 is 1.41 bits per heavy atom. The minimum atomic E-state index is -0.779. The van der Waals surface area contributed by atoms with Gasteiger partial charge in [-0.2, -0.15) is 17.0 Å². The van der Waals surface area contributed by atoms with Crippen molar-refractivity contribution in [1.29, 1.82) is 5.26 Å². The van der Waals surface area contributed by atoms with Crippen molar-refractivity contribution in [3.63, 3.8) is 0 Å². The first-order valence-electron chi connectivity index (χ1n) is 7.33. The zero-order valence-corrected chi connectivity index (χ0v) is 13.9. The zero-order chi connectivity index (χ0) is 16.4. The predicted octanol–water partition coefficient (Wildman–Crippen LogP) is 2.91. The van der Waals surface area contributed by atoms with Crippen LogP contribution < -0.4 is 4.74 Å². The van der Waals surface area contributed by atoms with E-state index in [1.807, 2.05) is 36.6 Å². The minimum Gasteiger partial charge on any atom is -0.493 e. The highest BCUT2D eigenvalue weighted by molar-refractivity contribution is 7.98. The van der Waals surface area contributed by atoms with E-state index in [0.29, 0.717) is 25.2 Å². The Kier molecular flexibility index (Phi) is 8.64. The summed E-state index contributed by atoms with van der Waals surface area (Å²) in [5, 5.41) is 19.4. The Hall–Kier alpha value is -1.51. The molecule has 0 aromatic heterocycles. The summed E-state index contributed by atoms with van der Waals surface area (Å²) in [4.78, 5) is 11.8. The Balaban J connectivity index is 2.49. The molecule has 5 heteroatoms. The van der Waals surface area contributed by atoms with Gasteiger partial charge in [0.2, 0.25) is 0 Å². The van der Waals surface area contributed by atoms with Crippen LogP contribution in [-0.4, -0.2) is 35.6 Å². The van der Waals surface area contributed by atoms with E-state index in [9.17, 15) is 9.90 Å². The van der Waals surface area contributed by atoms with Crippen LogP contribution in [0.2, 0.25) is 0 Å². The SMILES string of the molecule is CSCC(C#N)CC(C(C)=O)C(O)CCOc1ccccc1. The number of ether oxygens (including phenoxy) is 1. The molecule has 120 valence electrons. The fourth-order valence-corrected chi connectivity index (χ4v) is 2.89. The number of ketones is 1. The Morgan fingerprint density at radius 2 is 2.09 bits per heavy atom. The summed E-state index contributed by atoms with van der Waals surface area (Å²) in [6, 6.07) is 11.6. The smallest absolute Gasteiger partial charge is 0.135 e. The molecule has 0 amide bonds. The molecule has 1 aromatic carbocycles. The Bertz CT molecular complexity index is 486. The van der Waals surface area contributed by atoms with Gasteiger partial charge in [0.1, 0.15) is 11.5 Å². The maximum Gasteiger partial charge on any atom is 0.135 e. The molecule has 0 aliphatic heterocycles. The quantitative estimate of drug-likeness (QED) is 0.717. The lowest BCUT2D eigenvalue weighted by molar-refractivity contribution is -0.125. The molecule has 0 saturated carbocycles. The molecule has 3 unspecified atom stereocenters. The first-order valence-corrected chi connectivity index (χ1v) is 8.72. The maximum atomic E-state index is 11.8. The summed E-state index contributed by atoms with van der Waals surface area (Å²) in [6.45, 7) is 1.81. The fourth-order valence-electron chi connectivity index (χ4n) is 2.28. The van der Waals surface area contributed by atoms with Crippen LogP contribution in [0, 0.1) is 23.2 Å². The third kappa shape index (κ3) is 6.50. The molecule has 0 radical (unpaired) electrons. The van der Waals surface area contributed by atoms with Crippen LogP contribution in [-0.2, 0) is 4.79 Å². The lowest BCUT2D eigenvalue weighted by atomic mass is 9.87.